The Bertz CT molecular complexity index is 2910. The zero-order chi connectivity index (χ0) is 37.0. The highest BCUT2D eigenvalue weighted by molar-refractivity contribution is 6.19. The van der Waals surface area contributed by atoms with E-state index >= 15 is 0 Å². The second-order valence-corrected chi connectivity index (χ2v) is 15.0. The van der Waals surface area contributed by atoms with E-state index in [0.717, 1.165) is 24.2 Å². The van der Waals surface area contributed by atoms with Gasteiger partial charge in [-0.2, -0.15) is 0 Å². The summed E-state index contributed by atoms with van der Waals surface area (Å²) in [7, 11) is 0. The van der Waals surface area contributed by atoms with Gasteiger partial charge in [0, 0.05) is 32.9 Å². The van der Waals surface area contributed by atoms with Gasteiger partial charge < -0.3 is 9.13 Å². The number of allylic oxidation sites excluding steroid dienone is 4. The van der Waals surface area contributed by atoms with Crippen molar-refractivity contribution in [2.75, 3.05) is 0 Å². The third-order valence-corrected chi connectivity index (χ3v) is 11.6. The van der Waals surface area contributed by atoms with Gasteiger partial charge in [0.25, 0.3) is 0 Å². The molecule has 1 fully saturated rings. The number of benzene rings is 7. The lowest BCUT2D eigenvalue weighted by Gasteiger charge is -2.39. The number of nitrogens with zero attached hydrogens (tertiary/aromatic N) is 2. The van der Waals surface area contributed by atoms with E-state index < -0.39 is 0 Å². The Labute approximate surface area is 326 Å². The molecule has 56 heavy (non-hydrogen) atoms. The quantitative estimate of drug-likeness (QED) is 0.160. The van der Waals surface area contributed by atoms with Gasteiger partial charge in [-0.3, -0.25) is 16.0 Å². The van der Waals surface area contributed by atoms with Crippen LogP contribution in [0.1, 0.15) is 53.6 Å². The average molecular weight is 724 g/mol. The largest absolute Gasteiger partial charge is 0.309 e. The summed E-state index contributed by atoms with van der Waals surface area (Å²) in [6.07, 6.45) is 8.94. The number of hydrogen-bond acceptors (Lipinski definition) is 3. The molecule has 2 aliphatic rings. The van der Waals surface area contributed by atoms with Crippen LogP contribution in [0.15, 0.2) is 188 Å². The fourth-order valence-electron chi connectivity index (χ4n) is 8.98. The van der Waals surface area contributed by atoms with Crippen molar-refractivity contribution in [3.8, 4) is 11.4 Å². The minimum Gasteiger partial charge on any atom is -0.309 e. The molecule has 11 rings (SSSR count). The summed E-state index contributed by atoms with van der Waals surface area (Å²) >= 11 is 0. The second-order valence-electron chi connectivity index (χ2n) is 15.0. The summed E-state index contributed by atoms with van der Waals surface area (Å²) in [4.78, 5) is 0. The first-order chi connectivity index (χ1) is 27.8. The zero-order valence-corrected chi connectivity index (χ0v) is 30.9. The predicted molar refractivity (Wildman–Crippen MR) is 232 cm³/mol. The molecule has 2 atom stereocenters. The molecule has 0 amide bonds. The van der Waals surface area contributed by atoms with Crippen molar-refractivity contribution in [3.63, 3.8) is 0 Å². The minimum atomic E-state index is -0.108. The van der Waals surface area contributed by atoms with Gasteiger partial charge in [-0.25, -0.2) is 0 Å². The first-order valence-electron chi connectivity index (χ1n) is 19.7. The van der Waals surface area contributed by atoms with E-state index in [4.69, 9.17) is 0 Å². The summed E-state index contributed by atoms with van der Waals surface area (Å²) in [5.41, 5.74) is 13.2. The lowest BCUT2D eigenvalue weighted by atomic mass is 9.98. The van der Waals surface area contributed by atoms with Gasteiger partial charge in [-0.1, -0.05) is 133 Å². The Balaban J connectivity index is 1.12. The molecule has 270 valence electrons. The summed E-state index contributed by atoms with van der Waals surface area (Å²) in [6.45, 7) is 0. The summed E-state index contributed by atoms with van der Waals surface area (Å²) in [5, 5.41) is 16.6. The Morgan fingerprint density at radius 3 is 1.64 bits per heavy atom. The van der Waals surface area contributed by atoms with Crippen molar-refractivity contribution < 1.29 is 0 Å². The summed E-state index contributed by atoms with van der Waals surface area (Å²) in [6, 6.07) is 61.8. The van der Waals surface area contributed by atoms with Crippen molar-refractivity contribution >= 4 is 49.2 Å². The Morgan fingerprint density at radius 1 is 0.393 bits per heavy atom. The standard InChI is InChI=1S/C51H41N5/c1-5-16-34(17-6-1)37-28-29-46-42(31-37)44-32-43-41-26-13-14-27-45(41)55(39-23-11-4-12-24-39)47(43)33-48(44)56(46)40-25-15-22-38(30-40)51-53-49(35-18-7-2-8-19-35)52-50(54-51)36-20-9-3-10-21-36/h2-5,7-33,49-54H,1,6H2. The highest BCUT2D eigenvalue weighted by Gasteiger charge is 2.30. The maximum atomic E-state index is 3.89. The van der Waals surface area contributed by atoms with Crippen LogP contribution in [0.2, 0.25) is 0 Å². The Hall–Kier alpha value is -6.50. The summed E-state index contributed by atoms with van der Waals surface area (Å²) in [5.74, 6) is 0. The number of hydrogen-bond donors (Lipinski definition) is 3. The lowest BCUT2D eigenvalue weighted by Crippen LogP contribution is -2.54. The van der Waals surface area contributed by atoms with Gasteiger partial charge in [-0.05, 0) is 95.3 Å². The van der Waals surface area contributed by atoms with Crippen LogP contribution >= 0.6 is 0 Å². The van der Waals surface area contributed by atoms with Crippen LogP contribution < -0.4 is 16.0 Å². The topological polar surface area (TPSA) is 46.0 Å². The van der Waals surface area contributed by atoms with E-state index in [-0.39, 0.29) is 18.5 Å². The molecule has 1 aliphatic heterocycles. The van der Waals surface area contributed by atoms with Crippen LogP contribution in [0.25, 0.3) is 60.6 Å². The van der Waals surface area contributed by atoms with Crippen molar-refractivity contribution in [2.24, 2.45) is 0 Å². The first kappa shape index (κ1) is 32.9. The summed E-state index contributed by atoms with van der Waals surface area (Å²) < 4.78 is 4.89. The third-order valence-electron chi connectivity index (χ3n) is 11.6. The van der Waals surface area contributed by atoms with Crippen molar-refractivity contribution in [2.45, 2.75) is 31.3 Å². The molecule has 0 radical (unpaired) electrons. The number of para-hydroxylation sites is 2. The molecule has 3 N–H and O–H groups in total. The molecule has 0 bridgehead atoms. The highest BCUT2D eigenvalue weighted by atomic mass is 15.4. The number of aromatic nitrogens is 2. The molecular formula is C51H41N5. The van der Waals surface area contributed by atoms with Gasteiger partial charge in [0.2, 0.25) is 0 Å². The SMILES string of the molecule is C1=CC(c2ccc3c(c2)c2cc4c5ccccc5n(-c5ccccc5)c4cc2n3-c2cccc(C3NC(c4ccccc4)NC(c4ccccc4)N3)c2)=CCC1. The maximum absolute atomic E-state index is 3.89. The predicted octanol–water partition coefficient (Wildman–Crippen LogP) is 11.8. The van der Waals surface area contributed by atoms with Gasteiger partial charge in [-0.15, -0.1) is 0 Å². The van der Waals surface area contributed by atoms with Gasteiger partial charge in [0.15, 0.2) is 0 Å². The van der Waals surface area contributed by atoms with E-state index in [1.54, 1.807) is 0 Å². The van der Waals surface area contributed by atoms with Crippen molar-refractivity contribution in [3.05, 3.63) is 210 Å². The van der Waals surface area contributed by atoms with Crippen molar-refractivity contribution in [1.29, 1.82) is 0 Å². The molecule has 3 heterocycles. The molecule has 5 heteroatoms. The minimum absolute atomic E-state index is 0.0423. The van der Waals surface area contributed by atoms with Crippen LogP contribution in [0.3, 0.4) is 0 Å². The zero-order valence-electron chi connectivity index (χ0n) is 30.9. The number of nitrogens with one attached hydrogen (secondary N) is 3. The van der Waals surface area contributed by atoms with Crippen molar-refractivity contribution in [1.82, 2.24) is 25.1 Å². The maximum Gasteiger partial charge on any atom is 0.0865 e. The molecule has 0 saturated carbocycles. The van der Waals surface area contributed by atoms with Gasteiger partial charge in [0.05, 0.1) is 40.6 Å². The smallest absolute Gasteiger partial charge is 0.0865 e. The Morgan fingerprint density at radius 2 is 0.946 bits per heavy atom. The molecule has 5 nitrogen and oxygen atoms in total. The van der Waals surface area contributed by atoms with Gasteiger partial charge >= 0.3 is 0 Å². The highest BCUT2D eigenvalue weighted by Crippen LogP contribution is 2.41. The fourth-order valence-corrected chi connectivity index (χ4v) is 8.98. The van der Waals surface area contributed by atoms with Crippen LogP contribution in [0.5, 0.6) is 0 Å². The molecule has 1 saturated heterocycles. The third kappa shape index (κ3) is 5.59. The molecule has 0 spiro atoms. The van der Waals surface area contributed by atoms with Crippen LogP contribution in [0, 0.1) is 0 Å². The first-order valence-corrected chi connectivity index (χ1v) is 19.7. The Kier molecular flexibility index (Phi) is 8.02. The van der Waals surface area contributed by atoms with Crippen LogP contribution in [0.4, 0.5) is 0 Å². The molecular weight excluding hydrogens is 683 g/mol. The molecule has 7 aromatic carbocycles. The second kappa shape index (κ2) is 13.7. The molecule has 1 aliphatic carbocycles. The monoisotopic (exact) mass is 723 g/mol. The normalized spacial score (nSPS) is 18.6. The van der Waals surface area contributed by atoms with E-state index in [1.807, 2.05) is 0 Å². The molecule has 2 aromatic heterocycles. The lowest BCUT2D eigenvalue weighted by molar-refractivity contribution is 0.203. The molecule has 9 aromatic rings. The molecule has 2 unspecified atom stereocenters. The number of rotatable bonds is 6. The fraction of sp³-hybridized carbons (Fsp3) is 0.0980. The van der Waals surface area contributed by atoms with E-state index in [9.17, 15) is 0 Å². The number of fused-ring (bicyclic) bond motifs is 6. The van der Waals surface area contributed by atoms with Gasteiger partial charge in [0.1, 0.15) is 0 Å². The van der Waals surface area contributed by atoms with E-state index in [0.29, 0.717) is 0 Å². The average Bonchev–Trinajstić information content (AvgIpc) is 3.78. The van der Waals surface area contributed by atoms with E-state index in [1.165, 1.54) is 71.4 Å². The van der Waals surface area contributed by atoms with Crippen LogP contribution in [-0.2, 0) is 0 Å². The van der Waals surface area contributed by atoms with Crippen LogP contribution in [-0.4, -0.2) is 9.13 Å². The van der Waals surface area contributed by atoms with E-state index in [2.05, 4.69) is 213 Å².